The van der Waals surface area contributed by atoms with Gasteiger partial charge in [-0.1, -0.05) is 24.3 Å². The molecule has 3 heterocycles. The minimum Gasteiger partial charge on any atom is -0.386 e. The van der Waals surface area contributed by atoms with E-state index < -0.39 is 11.3 Å². The number of nitrogens with zero attached hydrogens (tertiary/aromatic N) is 6. The van der Waals surface area contributed by atoms with Crippen LogP contribution in [0.5, 0.6) is 0 Å². The van der Waals surface area contributed by atoms with Gasteiger partial charge in [-0.25, -0.2) is 15.0 Å². The van der Waals surface area contributed by atoms with Crippen LogP contribution in [0, 0.1) is 5.92 Å². The van der Waals surface area contributed by atoms with E-state index in [2.05, 4.69) is 35.1 Å². The number of hydrogen-bond acceptors (Lipinski definition) is 8. The topological polar surface area (TPSA) is 148 Å². The molecule has 3 aromatic rings. The number of aromatic nitrogens is 4. The zero-order valence-electron chi connectivity index (χ0n) is 19.7. The summed E-state index contributed by atoms with van der Waals surface area (Å²) in [5.41, 5.74) is 14.4. The largest absolute Gasteiger partial charge is 0.386 e. The first-order valence-electron chi connectivity index (χ1n) is 11.8. The van der Waals surface area contributed by atoms with Gasteiger partial charge in [-0.2, -0.15) is 4.99 Å². The van der Waals surface area contributed by atoms with Gasteiger partial charge in [0.05, 0.1) is 35.9 Å². The molecule has 1 aromatic carbocycles. The second-order valence-electron chi connectivity index (χ2n) is 9.18. The van der Waals surface area contributed by atoms with Crippen molar-refractivity contribution in [2.75, 3.05) is 36.8 Å². The molecule has 5 rings (SSSR count). The lowest BCUT2D eigenvalue weighted by molar-refractivity contribution is 0.0996. The van der Waals surface area contributed by atoms with Gasteiger partial charge in [0.25, 0.3) is 5.91 Å². The maximum atomic E-state index is 12.9. The number of anilines is 2. The van der Waals surface area contributed by atoms with Crippen molar-refractivity contribution in [1.82, 2.24) is 25.3 Å². The molecule has 35 heavy (non-hydrogen) atoms. The number of carbonyl (C=O) groups is 1. The minimum absolute atomic E-state index is 0.183. The van der Waals surface area contributed by atoms with Crippen LogP contribution in [0.2, 0.25) is 0 Å². The zero-order valence-corrected chi connectivity index (χ0v) is 19.7. The predicted octanol–water partition coefficient (Wildman–Crippen LogP) is 1.79. The summed E-state index contributed by atoms with van der Waals surface area (Å²) in [4.78, 5) is 36.5. The Kier molecular flexibility index (Phi) is 6.12. The van der Waals surface area contributed by atoms with Crippen molar-refractivity contribution in [3.05, 3.63) is 60.3 Å². The molecule has 5 N–H and O–H groups in total. The number of aliphatic imine (C=N–C) groups is 1. The van der Waals surface area contributed by atoms with Crippen LogP contribution in [0.1, 0.15) is 35.8 Å². The summed E-state index contributed by atoms with van der Waals surface area (Å²) in [6.45, 7) is 5.57. The van der Waals surface area contributed by atoms with Gasteiger partial charge in [0.1, 0.15) is 23.2 Å². The third kappa shape index (κ3) is 4.69. The summed E-state index contributed by atoms with van der Waals surface area (Å²) < 4.78 is 0. The zero-order chi connectivity index (χ0) is 24.4. The summed E-state index contributed by atoms with van der Waals surface area (Å²) in [6.07, 6.45) is 8.35. The number of carbonyl (C=O) groups excluding carboxylic acids is 1. The van der Waals surface area contributed by atoms with E-state index in [9.17, 15) is 4.79 Å². The van der Waals surface area contributed by atoms with E-state index in [0.717, 1.165) is 61.7 Å². The van der Waals surface area contributed by atoms with Crippen LogP contribution in [0.25, 0.3) is 11.3 Å². The lowest BCUT2D eigenvalue weighted by Gasteiger charge is -2.30. The quantitative estimate of drug-likeness (QED) is 0.361. The van der Waals surface area contributed by atoms with Crippen LogP contribution in [-0.4, -0.2) is 57.9 Å². The van der Waals surface area contributed by atoms with Crippen LogP contribution >= 0.6 is 0 Å². The van der Waals surface area contributed by atoms with Gasteiger partial charge < -0.3 is 21.7 Å². The first-order valence-corrected chi connectivity index (χ1v) is 11.8. The fraction of sp³-hybridized carbons (Fsp3) is 0.360. The number of nitrogens with one attached hydrogen (secondary N) is 1. The lowest BCUT2D eigenvalue weighted by Crippen LogP contribution is -2.44. The number of benzene rings is 1. The molecule has 2 aliphatic rings. The standard InChI is InChI=1S/C25H29N9O/c1-25(18-6-7-18,17-4-2-16(3-5-17)19-12-31-21(26)14-29-19)24(27)33-23(35)20-13-32-22(15-30-20)34-10-8-28-9-11-34/h2-5,12-15,18,28H,6-11H2,1H3,(H2,26,31)(H2,27,33,35). The molecule has 2 aromatic heterocycles. The summed E-state index contributed by atoms with van der Waals surface area (Å²) in [6, 6.07) is 7.98. The SMILES string of the molecule is CC(C(N)=NC(=O)c1cnc(N2CCNCC2)cn1)(c1ccc(-c2cnc(N)cn2)cc1)C1CC1. The predicted molar refractivity (Wildman–Crippen MR) is 135 cm³/mol. The number of rotatable bonds is 6. The smallest absolute Gasteiger partial charge is 0.298 e. The fourth-order valence-corrected chi connectivity index (χ4v) is 4.50. The van der Waals surface area contributed by atoms with Crippen molar-refractivity contribution in [2.45, 2.75) is 25.2 Å². The van der Waals surface area contributed by atoms with Gasteiger partial charge >= 0.3 is 0 Å². The van der Waals surface area contributed by atoms with E-state index in [-0.39, 0.29) is 11.5 Å². The van der Waals surface area contributed by atoms with E-state index in [4.69, 9.17) is 11.5 Å². The lowest BCUT2D eigenvalue weighted by atomic mass is 9.76. The molecule has 1 aliphatic heterocycles. The Balaban J connectivity index is 1.36. The van der Waals surface area contributed by atoms with Crippen LogP contribution in [0.15, 0.2) is 54.0 Å². The molecule has 2 fully saturated rings. The van der Waals surface area contributed by atoms with Crippen LogP contribution in [-0.2, 0) is 5.41 Å². The first-order chi connectivity index (χ1) is 16.9. The molecule has 1 aliphatic carbocycles. The molecule has 180 valence electrons. The Labute approximate surface area is 203 Å². The van der Waals surface area contributed by atoms with Gasteiger partial charge in [-0.3, -0.25) is 9.78 Å². The highest BCUT2D eigenvalue weighted by molar-refractivity contribution is 6.05. The van der Waals surface area contributed by atoms with E-state index in [0.29, 0.717) is 11.7 Å². The molecular weight excluding hydrogens is 442 g/mol. The molecular formula is C25H29N9O. The molecule has 0 bridgehead atoms. The van der Waals surface area contributed by atoms with E-state index in [1.807, 2.05) is 31.2 Å². The number of amides is 1. The Hall–Kier alpha value is -3.92. The van der Waals surface area contributed by atoms with Crippen LogP contribution in [0.3, 0.4) is 0 Å². The Morgan fingerprint density at radius 1 is 1.03 bits per heavy atom. The summed E-state index contributed by atoms with van der Waals surface area (Å²) in [7, 11) is 0. The number of nitrogens with two attached hydrogens (primary N) is 2. The maximum absolute atomic E-state index is 12.9. The average Bonchev–Trinajstić information content (AvgIpc) is 3.75. The van der Waals surface area contributed by atoms with Crippen LogP contribution in [0.4, 0.5) is 11.6 Å². The van der Waals surface area contributed by atoms with Crippen molar-refractivity contribution >= 4 is 23.4 Å². The molecule has 0 radical (unpaired) electrons. The van der Waals surface area contributed by atoms with Gasteiger partial charge in [0, 0.05) is 31.7 Å². The van der Waals surface area contributed by atoms with Crippen LogP contribution < -0.4 is 21.7 Å². The third-order valence-corrected chi connectivity index (χ3v) is 6.90. The monoisotopic (exact) mass is 471 g/mol. The average molecular weight is 472 g/mol. The molecule has 1 amide bonds. The second kappa shape index (κ2) is 9.38. The van der Waals surface area contributed by atoms with Gasteiger partial charge in [0.2, 0.25) is 0 Å². The number of hydrogen-bond donors (Lipinski definition) is 3. The van der Waals surface area contributed by atoms with Crippen molar-refractivity contribution in [3.8, 4) is 11.3 Å². The van der Waals surface area contributed by atoms with Gasteiger partial charge in [-0.15, -0.1) is 0 Å². The molecule has 0 spiro atoms. The normalized spacial score (nSPS) is 18.2. The fourth-order valence-electron chi connectivity index (χ4n) is 4.50. The minimum atomic E-state index is -0.560. The first kappa shape index (κ1) is 22.9. The van der Waals surface area contributed by atoms with E-state index in [1.165, 1.54) is 12.4 Å². The Morgan fingerprint density at radius 2 is 1.77 bits per heavy atom. The molecule has 1 unspecified atom stereocenters. The van der Waals surface area contributed by atoms with Crippen molar-refractivity contribution in [2.24, 2.45) is 16.6 Å². The highest BCUT2D eigenvalue weighted by Crippen LogP contribution is 2.47. The molecule has 10 heteroatoms. The molecule has 10 nitrogen and oxygen atoms in total. The van der Waals surface area contributed by atoms with Crippen molar-refractivity contribution in [3.63, 3.8) is 0 Å². The molecule has 1 atom stereocenters. The summed E-state index contributed by atoms with van der Waals surface area (Å²) in [5, 5.41) is 3.30. The number of piperazine rings is 1. The third-order valence-electron chi connectivity index (χ3n) is 6.90. The summed E-state index contributed by atoms with van der Waals surface area (Å²) >= 11 is 0. The van der Waals surface area contributed by atoms with E-state index in [1.54, 1.807) is 12.4 Å². The maximum Gasteiger partial charge on any atom is 0.298 e. The van der Waals surface area contributed by atoms with E-state index >= 15 is 0 Å². The Bertz CT molecular complexity index is 1220. The van der Waals surface area contributed by atoms with Crippen molar-refractivity contribution in [1.29, 1.82) is 0 Å². The highest BCUT2D eigenvalue weighted by Gasteiger charge is 2.46. The molecule has 1 saturated heterocycles. The van der Waals surface area contributed by atoms with Gasteiger partial charge in [0.15, 0.2) is 0 Å². The number of nitrogen functional groups attached to an aromatic ring is 1. The highest BCUT2D eigenvalue weighted by atomic mass is 16.1. The van der Waals surface area contributed by atoms with Gasteiger partial charge in [-0.05, 0) is 31.2 Å². The van der Waals surface area contributed by atoms with Crippen molar-refractivity contribution < 1.29 is 4.79 Å². The number of amidine groups is 1. The second-order valence-corrected chi connectivity index (χ2v) is 9.18. The summed E-state index contributed by atoms with van der Waals surface area (Å²) in [5.74, 6) is 1.26. The molecule has 1 saturated carbocycles. The Morgan fingerprint density at radius 3 is 2.37 bits per heavy atom.